The number of hydrogen-bond acceptors (Lipinski definition) is 1. The smallest absolute Gasteiger partial charge is 0.0662 e. The zero-order chi connectivity index (χ0) is 8.39. The van der Waals surface area contributed by atoms with Crippen LogP contribution in [0.15, 0.2) is 12.2 Å². The van der Waals surface area contributed by atoms with Crippen molar-refractivity contribution in [3.8, 4) is 6.07 Å². The molecule has 0 spiro atoms. The summed E-state index contributed by atoms with van der Waals surface area (Å²) in [7, 11) is 0. The molecule has 2 aliphatic carbocycles. The van der Waals surface area contributed by atoms with E-state index in [1.807, 2.05) is 0 Å². The number of allylic oxidation sites excluding steroid dienone is 2. The van der Waals surface area contributed by atoms with Gasteiger partial charge >= 0.3 is 0 Å². The molecule has 0 amide bonds. The van der Waals surface area contributed by atoms with Gasteiger partial charge in [0.25, 0.3) is 0 Å². The van der Waals surface area contributed by atoms with E-state index >= 15 is 0 Å². The Bertz CT molecular complexity index is 224. The maximum Gasteiger partial charge on any atom is 0.0662 e. The Kier molecular flexibility index (Phi) is 2.17. The van der Waals surface area contributed by atoms with E-state index in [-0.39, 0.29) is 0 Å². The Labute approximate surface area is 74.1 Å². The van der Waals surface area contributed by atoms with Crippen molar-refractivity contribution in [1.29, 1.82) is 5.26 Å². The van der Waals surface area contributed by atoms with E-state index in [9.17, 15) is 0 Å². The van der Waals surface area contributed by atoms with Crippen LogP contribution in [-0.2, 0) is 0 Å². The summed E-state index contributed by atoms with van der Waals surface area (Å²) in [5.74, 6) is 1.74. The van der Waals surface area contributed by atoms with Crippen molar-refractivity contribution in [3.63, 3.8) is 0 Å². The highest BCUT2D eigenvalue weighted by Gasteiger charge is 2.31. The van der Waals surface area contributed by atoms with Gasteiger partial charge in [0, 0.05) is 0 Å². The van der Waals surface area contributed by atoms with Crippen LogP contribution in [0.25, 0.3) is 0 Å². The number of nitriles is 1. The molecule has 1 heteroatoms. The Balaban J connectivity index is 2.13. The van der Waals surface area contributed by atoms with Crippen LogP contribution in [0.2, 0.25) is 0 Å². The van der Waals surface area contributed by atoms with Gasteiger partial charge in [0.05, 0.1) is 12.0 Å². The molecule has 1 nitrogen and oxygen atoms in total. The molecule has 0 radical (unpaired) electrons. The van der Waals surface area contributed by atoms with Crippen molar-refractivity contribution in [2.24, 2.45) is 17.8 Å². The average Bonchev–Trinajstić information content (AvgIpc) is 2.17. The number of hydrogen-bond donors (Lipinski definition) is 0. The van der Waals surface area contributed by atoms with Gasteiger partial charge in [-0.25, -0.2) is 0 Å². The van der Waals surface area contributed by atoms with Crippen LogP contribution in [0.3, 0.4) is 0 Å². The van der Waals surface area contributed by atoms with Gasteiger partial charge in [-0.05, 0) is 31.1 Å². The molecule has 0 aromatic rings. The van der Waals surface area contributed by atoms with Gasteiger partial charge in [0.15, 0.2) is 0 Å². The Hall–Kier alpha value is -0.770. The number of rotatable bonds is 0. The maximum absolute atomic E-state index is 8.95. The molecular formula is C11H15N. The summed E-state index contributed by atoms with van der Waals surface area (Å²) in [6, 6.07) is 2.45. The first kappa shape index (κ1) is 7.86. The molecule has 3 unspecified atom stereocenters. The number of fused-ring (bicyclic) bond motifs is 1. The minimum Gasteiger partial charge on any atom is -0.198 e. The molecule has 0 aromatic carbocycles. The second-order valence-corrected chi connectivity index (χ2v) is 4.01. The minimum absolute atomic E-state index is 0.320. The third-order valence-corrected chi connectivity index (χ3v) is 3.33. The third-order valence-electron chi connectivity index (χ3n) is 3.33. The van der Waals surface area contributed by atoms with Crippen molar-refractivity contribution in [2.45, 2.75) is 32.1 Å². The molecule has 0 saturated heterocycles. The van der Waals surface area contributed by atoms with Gasteiger partial charge in [0.2, 0.25) is 0 Å². The van der Waals surface area contributed by atoms with Crippen molar-refractivity contribution in [1.82, 2.24) is 0 Å². The van der Waals surface area contributed by atoms with Crippen LogP contribution in [0.4, 0.5) is 0 Å². The van der Waals surface area contributed by atoms with Gasteiger partial charge in [-0.3, -0.25) is 0 Å². The molecule has 3 atom stereocenters. The minimum atomic E-state index is 0.320. The lowest BCUT2D eigenvalue weighted by Crippen LogP contribution is -2.27. The van der Waals surface area contributed by atoms with Gasteiger partial charge in [-0.15, -0.1) is 0 Å². The third kappa shape index (κ3) is 1.27. The lowest BCUT2D eigenvalue weighted by molar-refractivity contribution is 0.218. The summed E-state index contributed by atoms with van der Waals surface area (Å²) in [5, 5.41) is 8.95. The molecule has 0 aliphatic heterocycles. The van der Waals surface area contributed by atoms with E-state index in [0.29, 0.717) is 11.8 Å². The fourth-order valence-electron chi connectivity index (χ4n) is 2.65. The first-order valence-electron chi connectivity index (χ1n) is 4.98. The van der Waals surface area contributed by atoms with E-state index in [1.54, 1.807) is 0 Å². The molecule has 1 saturated carbocycles. The van der Waals surface area contributed by atoms with E-state index in [2.05, 4.69) is 18.2 Å². The average molecular weight is 161 g/mol. The molecular weight excluding hydrogens is 146 g/mol. The molecule has 0 heterocycles. The molecule has 0 aromatic heterocycles. The SMILES string of the molecule is N#CC1CC=CC2CCCCC12. The first-order chi connectivity index (χ1) is 5.92. The van der Waals surface area contributed by atoms with Crippen molar-refractivity contribution < 1.29 is 0 Å². The fourth-order valence-corrected chi connectivity index (χ4v) is 2.65. The van der Waals surface area contributed by atoms with Gasteiger partial charge in [0.1, 0.15) is 0 Å². The van der Waals surface area contributed by atoms with Crippen LogP contribution >= 0.6 is 0 Å². The Morgan fingerprint density at radius 3 is 2.92 bits per heavy atom. The standard InChI is InChI=1S/C11H15N/c12-8-10-6-3-5-9-4-1-2-7-11(9)10/h3,5,9-11H,1-2,4,6-7H2. The molecule has 2 aliphatic rings. The summed E-state index contributed by atoms with van der Waals surface area (Å²) >= 11 is 0. The quantitative estimate of drug-likeness (QED) is 0.501. The molecule has 0 N–H and O–H groups in total. The van der Waals surface area contributed by atoms with Crippen molar-refractivity contribution in [3.05, 3.63) is 12.2 Å². The van der Waals surface area contributed by atoms with Crippen molar-refractivity contribution in [2.75, 3.05) is 0 Å². The molecule has 1 fully saturated rings. The topological polar surface area (TPSA) is 23.8 Å². The lowest BCUT2D eigenvalue weighted by Gasteiger charge is -2.34. The monoisotopic (exact) mass is 161 g/mol. The van der Waals surface area contributed by atoms with Crippen LogP contribution in [-0.4, -0.2) is 0 Å². The molecule has 2 rings (SSSR count). The van der Waals surface area contributed by atoms with Gasteiger partial charge < -0.3 is 0 Å². The highest BCUT2D eigenvalue weighted by atomic mass is 14.4. The van der Waals surface area contributed by atoms with Crippen LogP contribution in [0.1, 0.15) is 32.1 Å². The summed E-state index contributed by atoms with van der Waals surface area (Å²) < 4.78 is 0. The maximum atomic E-state index is 8.95. The summed E-state index contributed by atoms with van der Waals surface area (Å²) in [4.78, 5) is 0. The normalized spacial score (nSPS) is 40.1. The first-order valence-corrected chi connectivity index (χ1v) is 4.98. The van der Waals surface area contributed by atoms with Crippen LogP contribution < -0.4 is 0 Å². The second kappa shape index (κ2) is 3.31. The highest BCUT2D eigenvalue weighted by molar-refractivity contribution is 5.07. The van der Waals surface area contributed by atoms with Gasteiger partial charge in [-0.1, -0.05) is 25.0 Å². The Morgan fingerprint density at radius 2 is 2.08 bits per heavy atom. The highest BCUT2D eigenvalue weighted by Crippen LogP contribution is 2.40. The van der Waals surface area contributed by atoms with Crippen molar-refractivity contribution >= 4 is 0 Å². The van der Waals surface area contributed by atoms with E-state index < -0.39 is 0 Å². The van der Waals surface area contributed by atoms with E-state index in [1.165, 1.54) is 25.7 Å². The van der Waals surface area contributed by atoms with E-state index in [4.69, 9.17) is 5.26 Å². The van der Waals surface area contributed by atoms with Crippen LogP contribution in [0.5, 0.6) is 0 Å². The molecule has 0 bridgehead atoms. The predicted molar refractivity (Wildman–Crippen MR) is 48.3 cm³/mol. The zero-order valence-corrected chi connectivity index (χ0v) is 7.37. The molecule has 64 valence electrons. The summed E-state index contributed by atoms with van der Waals surface area (Å²) in [6.07, 6.45) is 10.9. The Morgan fingerprint density at radius 1 is 1.25 bits per heavy atom. The predicted octanol–water partition coefficient (Wildman–Crippen LogP) is 2.89. The summed E-state index contributed by atoms with van der Waals surface area (Å²) in [6.45, 7) is 0. The zero-order valence-electron chi connectivity index (χ0n) is 7.37. The lowest BCUT2D eigenvalue weighted by atomic mass is 9.69. The fraction of sp³-hybridized carbons (Fsp3) is 0.727. The molecule has 12 heavy (non-hydrogen) atoms. The number of nitrogens with zero attached hydrogens (tertiary/aromatic N) is 1. The van der Waals surface area contributed by atoms with Crippen LogP contribution in [0, 0.1) is 29.1 Å². The van der Waals surface area contributed by atoms with E-state index in [0.717, 1.165) is 12.3 Å². The summed E-state index contributed by atoms with van der Waals surface area (Å²) in [5.41, 5.74) is 0. The second-order valence-electron chi connectivity index (χ2n) is 4.01. The largest absolute Gasteiger partial charge is 0.198 e. The van der Waals surface area contributed by atoms with Gasteiger partial charge in [-0.2, -0.15) is 5.26 Å².